The summed E-state index contributed by atoms with van der Waals surface area (Å²) in [7, 11) is 0. The molecular formula is C18H18BrF3N4O. The van der Waals surface area contributed by atoms with Crippen LogP contribution in [-0.2, 0) is 4.79 Å². The van der Waals surface area contributed by atoms with Crippen molar-refractivity contribution >= 4 is 44.3 Å². The number of benzene rings is 1. The summed E-state index contributed by atoms with van der Waals surface area (Å²) >= 11 is 3.40. The molecule has 27 heavy (non-hydrogen) atoms. The molecule has 1 aliphatic rings. The molecule has 2 aromatic rings. The standard InChI is InChI=1S/C18H18BrF3N4O/c1-10-6-12(2-3-13(10)17(23)27)26-9-25-16-14(7-11(19)8-15(16)26)24-5-4-18(20,21)22/h2-3,6-10,13,24H,4-5H2,1H3,(H2,23,27). The van der Waals surface area contributed by atoms with Crippen molar-refractivity contribution in [2.45, 2.75) is 19.5 Å². The number of allylic oxidation sites excluding steroid dienone is 3. The maximum atomic E-state index is 12.4. The number of hydrogen-bond donors (Lipinski definition) is 2. The summed E-state index contributed by atoms with van der Waals surface area (Å²) in [5, 5.41) is 2.81. The molecule has 2 unspecified atom stereocenters. The van der Waals surface area contributed by atoms with E-state index in [0.717, 1.165) is 15.7 Å². The predicted molar refractivity (Wildman–Crippen MR) is 102 cm³/mol. The van der Waals surface area contributed by atoms with Gasteiger partial charge in [0.15, 0.2) is 0 Å². The number of amides is 1. The molecule has 3 N–H and O–H groups in total. The number of carbonyl (C=O) groups is 1. The molecule has 0 saturated heterocycles. The van der Waals surface area contributed by atoms with Gasteiger partial charge in [0.05, 0.1) is 23.5 Å². The average Bonchev–Trinajstić information content (AvgIpc) is 2.96. The Balaban J connectivity index is 1.92. The van der Waals surface area contributed by atoms with Crippen molar-refractivity contribution in [3.05, 3.63) is 41.2 Å². The number of primary amides is 1. The normalized spacial score (nSPS) is 20.0. The number of hydrogen-bond acceptors (Lipinski definition) is 3. The lowest BCUT2D eigenvalue weighted by Gasteiger charge is -2.21. The van der Waals surface area contributed by atoms with E-state index in [-0.39, 0.29) is 24.3 Å². The van der Waals surface area contributed by atoms with Crippen LogP contribution in [0, 0.1) is 11.8 Å². The molecule has 9 heteroatoms. The van der Waals surface area contributed by atoms with Crippen LogP contribution in [0.4, 0.5) is 18.9 Å². The number of halogens is 4. The highest BCUT2D eigenvalue weighted by Crippen LogP contribution is 2.32. The Morgan fingerprint density at radius 2 is 2.15 bits per heavy atom. The highest BCUT2D eigenvalue weighted by molar-refractivity contribution is 9.10. The van der Waals surface area contributed by atoms with E-state index in [0.29, 0.717) is 11.2 Å². The van der Waals surface area contributed by atoms with Gasteiger partial charge in [-0.2, -0.15) is 13.2 Å². The van der Waals surface area contributed by atoms with Crippen LogP contribution in [0.25, 0.3) is 16.7 Å². The Morgan fingerprint density at radius 1 is 1.41 bits per heavy atom. The van der Waals surface area contributed by atoms with Crippen LogP contribution >= 0.6 is 15.9 Å². The number of fused-ring (bicyclic) bond motifs is 1. The van der Waals surface area contributed by atoms with Gasteiger partial charge in [0.2, 0.25) is 5.91 Å². The number of rotatable bonds is 5. The molecule has 0 fully saturated rings. The Hall–Kier alpha value is -2.29. The van der Waals surface area contributed by atoms with Gasteiger partial charge in [0, 0.05) is 16.7 Å². The van der Waals surface area contributed by atoms with E-state index < -0.39 is 12.6 Å². The van der Waals surface area contributed by atoms with E-state index in [1.54, 1.807) is 24.5 Å². The number of alkyl halides is 3. The van der Waals surface area contributed by atoms with Crippen molar-refractivity contribution < 1.29 is 18.0 Å². The van der Waals surface area contributed by atoms with Gasteiger partial charge in [-0.3, -0.25) is 9.36 Å². The second-order valence-electron chi connectivity index (χ2n) is 6.47. The molecule has 0 saturated carbocycles. The number of aromatic nitrogens is 2. The van der Waals surface area contributed by atoms with Crippen molar-refractivity contribution in [2.75, 3.05) is 11.9 Å². The summed E-state index contributed by atoms with van der Waals surface area (Å²) in [6.45, 7) is 1.67. The van der Waals surface area contributed by atoms with Crippen molar-refractivity contribution in [3.8, 4) is 0 Å². The largest absolute Gasteiger partial charge is 0.390 e. The average molecular weight is 443 g/mol. The maximum Gasteiger partial charge on any atom is 0.390 e. The molecule has 0 aliphatic heterocycles. The topological polar surface area (TPSA) is 72.9 Å². The van der Waals surface area contributed by atoms with E-state index >= 15 is 0 Å². The summed E-state index contributed by atoms with van der Waals surface area (Å²) in [4.78, 5) is 15.8. The summed E-state index contributed by atoms with van der Waals surface area (Å²) in [6.07, 6.45) is 1.94. The first-order valence-electron chi connectivity index (χ1n) is 8.32. The van der Waals surface area contributed by atoms with Crippen molar-refractivity contribution in [1.82, 2.24) is 9.55 Å². The molecule has 1 amide bonds. The Kier molecular flexibility index (Phi) is 5.32. The third kappa shape index (κ3) is 4.35. The van der Waals surface area contributed by atoms with Crippen LogP contribution < -0.4 is 11.1 Å². The first-order chi connectivity index (χ1) is 12.7. The zero-order valence-electron chi connectivity index (χ0n) is 14.4. The lowest BCUT2D eigenvalue weighted by molar-refractivity contribution is -0.131. The minimum absolute atomic E-state index is 0.0727. The third-order valence-electron chi connectivity index (χ3n) is 4.42. The van der Waals surface area contributed by atoms with Crippen LogP contribution in [-0.4, -0.2) is 28.2 Å². The van der Waals surface area contributed by atoms with Gasteiger partial charge in [0.1, 0.15) is 11.8 Å². The molecule has 0 radical (unpaired) electrons. The van der Waals surface area contributed by atoms with Crippen LogP contribution in [0.15, 0.2) is 41.2 Å². The smallest absolute Gasteiger partial charge is 0.383 e. The fraction of sp³-hybridized carbons (Fsp3) is 0.333. The molecule has 1 aromatic heterocycles. The molecule has 1 aromatic carbocycles. The number of imidazole rings is 1. The lowest BCUT2D eigenvalue weighted by Crippen LogP contribution is -2.27. The summed E-state index contributed by atoms with van der Waals surface area (Å²) in [6, 6.07) is 3.55. The van der Waals surface area contributed by atoms with Gasteiger partial charge in [-0.05, 0) is 24.1 Å². The second-order valence-corrected chi connectivity index (χ2v) is 7.38. The molecule has 3 rings (SSSR count). The van der Waals surface area contributed by atoms with Crippen molar-refractivity contribution in [2.24, 2.45) is 17.6 Å². The molecule has 1 aliphatic carbocycles. The van der Waals surface area contributed by atoms with Gasteiger partial charge >= 0.3 is 6.18 Å². The SMILES string of the molecule is CC1C=C(n2cnc3c(NCCC(F)(F)F)cc(Br)cc32)C=CC1C(N)=O. The minimum atomic E-state index is -4.22. The highest BCUT2D eigenvalue weighted by Gasteiger charge is 2.26. The predicted octanol–water partition coefficient (Wildman–Crippen LogP) is 4.31. The molecule has 5 nitrogen and oxygen atoms in total. The minimum Gasteiger partial charge on any atom is -0.383 e. The lowest BCUT2D eigenvalue weighted by atomic mass is 9.88. The maximum absolute atomic E-state index is 12.4. The Bertz CT molecular complexity index is 933. The van der Waals surface area contributed by atoms with Crippen LogP contribution in [0.1, 0.15) is 13.3 Å². The number of nitrogens with two attached hydrogens (primary N) is 1. The van der Waals surface area contributed by atoms with Crippen LogP contribution in [0.3, 0.4) is 0 Å². The van der Waals surface area contributed by atoms with Crippen LogP contribution in [0.5, 0.6) is 0 Å². The van der Waals surface area contributed by atoms with E-state index in [1.165, 1.54) is 0 Å². The highest BCUT2D eigenvalue weighted by atomic mass is 79.9. The first kappa shape index (κ1) is 19.5. The monoisotopic (exact) mass is 442 g/mol. The quantitative estimate of drug-likeness (QED) is 0.724. The number of nitrogens with one attached hydrogen (secondary N) is 1. The Labute approximate surface area is 162 Å². The molecule has 144 valence electrons. The van der Waals surface area contributed by atoms with Gasteiger partial charge in [0.25, 0.3) is 0 Å². The van der Waals surface area contributed by atoms with Gasteiger partial charge < -0.3 is 11.1 Å². The molecule has 0 bridgehead atoms. The summed E-state index contributed by atoms with van der Waals surface area (Å²) in [5.41, 5.74) is 8.04. The fourth-order valence-corrected chi connectivity index (χ4v) is 3.53. The van der Waals surface area contributed by atoms with Gasteiger partial charge in [-0.15, -0.1) is 0 Å². The van der Waals surface area contributed by atoms with Gasteiger partial charge in [-0.25, -0.2) is 4.98 Å². The zero-order chi connectivity index (χ0) is 19.8. The third-order valence-corrected chi connectivity index (χ3v) is 4.88. The number of nitrogens with zero attached hydrogens (tertiary/aromatic N) is 2. The zero-order valence-corrected chi connectivity index (χ0v) is 16.0. The molecule has 2 atom stereocenters. The fourth-order valence-electron chi connectivity index (χ4n) is 3.08. The first-order valence-corrected chi connectivity index (χ1v) is 9.12. The number of anilines is 1. The van der Waals surface area contributed by atoms with Crippen molar-refractivity contribution in [1.29, 1.82) is 0 Å². The molecule has 0 spiro atoms. The summed E-state index contributed by atoms with van der Waals surface area (Å²) in [5.74, 6) is -0.824. The Morgan fingerprint density at radius 3 is 2.78 bits per heavy atom. The second kappa shape index (κ2) is 7.38. The van der Waals surface area contributed by atoms with Gasteiger partial charge in [-0.1, -0.05) is 35.0 Å². The van der Waals surface area contributed by atoms with Crippen LogP contribution in [0.2, 0.25) is 0 Å². The molecular weight excluding hydrogens is 425 g/mol. The summed E-state index contributed by atoms with van der Waals surface area (Å²) < 4.78 is 39.8. The van der Waals surface area contributed by atoms with E-state index in [2.05, 4.69) is 26.2 Å². The molecule has 1 heterocycles. The van der Waals surface area contributed by atoms with E-state index in [9.17, 15) is 18.0 Å². The van der Waals surface area contributed by atoms with Crippen molar-refractivity contribution in [3.63, 3.8) is 0 Å². The number of carbonyl (C=O) groups excluding carboxylic acids is 1. The van der Waals surface area contributed by atoms with E-state index in [1.807, 2.05) is 23.6 Å². The van der Waals surface area contributed by atoms with E-state index in [4.69, 9.17) is 5.73 Å².